The highest BCUT2D eigenvalue weighted by atomic mass is 16.3. The normalized spacial score (nSPS) is 12.8. The molecule has 316 valence electrons. The molecule has 0 saturated heterocycles. The van der Waals surface area contributed by atoms with Gasteiger partial charge in [-0.3, -0.25) is 0 Å². The van der Waals surface area contributed by atoms with E-state index in [2.05, 4.69) is 164 Å². The first-order valence-electron chi connectivity index (χ1n) is 23.2. The van der Waals surface area contributed by atoms with Crippen molar-refractivity contribution >= 4 is 21.9 Å². The number of fused-ring (bicyclic) bond motifs is 13. The summed E-state index contributed by atoms with van der Waals surface area (Å²) in [6, 6.07) is 84.7. The van der Waals surface area contributed by atoms with E-state index in [4.69, 9.17) is 19.4 Å². The molecular formula is C64H39N3O. The smallest absolute Gasteiger partial charge is 0.164 e. The van der Waals surface area contributed by atoms with Crippen LogP contribution in [0, 0.1) is 0 Å². The lowest BCUT2D eigenvalue weighted by Crippen LogP contribution is -2.25. The van der Waals surface area contributed by atoms with Crippen LogP contribution in [0.3, 0.4) is 0 Å². The largest absolute Gasteiger partial charge is 0.456 e. The minimum Gasteiger partial charge on any atom is -0.456 e. The van der Waals surface area contributed by atoms with Crippen molar-refractivity contribution in [2.75, 3.05) is 0 Å². The summed E-state index contributed by atoms with van der Waals surface area (Å²) in [6.07, 6.45) is 0. The van der Waals surface area contributed by atoms with Crippen LogP contribution in [0.1, 0.15) is 22.3 Å². The van der Waals surface area contributed by atoms with Crippen molar-refractivity contribution in [2.24, 2.45) is 0 Å². The Hall–Kier alpha value is -8.99. The number of hydrogen-bond donors (Lipinski definition) is 0. The predicted octanol–water partition coefficient (Wildman–Crippen LogP) is 16.1. The van der Waals surface area contributed by atoms with E-state index in [1.165, 1.54) is 66.8 Å². The molecule has 0 unspecified atom stereocenters. The number of hydrogen-bond acceptors (Lipinski definition) is 4. The number of aromatic nitrogens is 3. The van der Waals surface area contributed by atoms with Gasteiger partial charge >= 0.3 is 0 Å². The van der Waals surface area contributed by atoms with Crippen LogP contribution in [0.5, 0.6) is 0 Å². The minimum atomic E-state index is -0.360. The van der Waals surface area contributed by atoms with Gasteiger partial charge in [0.05, 0.1) is 5.41 Å². The van der Waals surface area contributed by atoms with Crippen LogP contribution in [-0.2, 0) is 5.41 Å². The van der Waals surface area contributed by atoms with E-state index in [1.54, 1.807) is 0 Å². The molecule has 4 heteroatoms. The Morgan fingerprint density at radius 1 is 0.265 bits per heavy atom. The third kappa shape index (κ3) is 5.77. The maximum atomic E-state index is 6.47. The molecule has 14 rings (SSSR count). The fourth-order valence-corrected chi connectivity index (χ4v) is 11.1. The van der Waals surface area contributed by atoms with Gasteiger partial charge in [-0.25, -0.2) is 15.0 Å². The summed E-state index contributed by atoms with van der Waals surface area (Å²) in [5, 5.41) is 1.99. The summed E-state index contributed by atoms with van der Waals surface area (Å²) in [7, 11) is 0. The van der Waals surface area contributed by atoms with Gasteiger partial charge in [-0.05, 0) is 102 Å². The van der Waals surface area contributed by atoms with Gasteiger partial charge < -0.3 is 4.42 Å². The Labute approximate surface area is 393 Å². The van der Waals surface area contributed by atoms with Gasteiger partial charge in [-0.15, -0.1) is 0 Å². The standard InChI is InChI=1S/C64H39N3O/c1-3-14-44(15-4-1)61-65-62(45-16-5-2-6-17-45)67-63(66-61)52-21-13-25-59-60(52)53-38-46(35-37-58(53)68-59)42-30-26-40(27-31-42)41-28-32-43(33-29-41)47-34-36-51-50-20-9-12-24-56(50)64(57(51)39-47)54-22-10-7-18-48(54)49-19-8-11-23-55(49)64/h1-39H. The van der Waals surface area contributed by atoms with E-state index < -0.39 is 0 Å². The Morgan fingerprint density at radius 3 is 1.22 bits per heavy atom. The average Bonchev–Trinajstić information content (AvgIpc) is 4.05. The molecule has 0 amide bonds. The van der Waals surface area contributed by atoms with E-state index in [0.29, 0.717) is 17.5 Å². The first kappa shape index (κ1) is 38.3. The highest BCUT2D eigenvalue weighted by Gasteiger charge is 2.51. The number of furan rings is 1. The van der Waals surface area contributed by atoms with Crippen LogP contribution in [-0.4, -0.2) is 15.0 Å². The van der Waals surface area contributed by atoms with Gasteiger partial charge in [0.1, 0.15) is 11.2 Å². The monoisotopic (exact) mass is 865 g/mol. The van der Waals surface area contributed by atoms with Crippen molar-refractivity contribution in [3.8, 4) is 89.8 Å². The zero-order chi connectivity index (χ0) is 44.8. The molecule has 0 bridgehead atoms. The van der Waals surface area contributed by atoms with Gasteiger partial charge in [0, 0.05) is 27.5 Å². The second-order valence-corrected chi connectivity index (χ2v) is 17.8. The van der Waals surface area contributed by atoms with Gasteiger partial charge in [-0.2, -0.15) is 0 Å². The minimum absolute atomic E-state index is 0.360. The van der Waals surface area contributed by atoms with Crippen molar-refractivity contribution in [2.45, 2.75) is 5.41 Å². The van der Waals surface area contributed by atoms with Gasteiger partial charge in [-0.1, -0.05) is 212 Å². The van der Waals surface area contributed by atoms with Crippen LogP contribution in [0.15, 0.2) is 241 Å². The summed E-state index contributed by atoms with van der Waals surface area (Å²) >= 11 is 0. The SMILES string of the molecule is c1ccc(-c2nc(-c3ccccc3)nc(-c3cccc4oc5ccc(-c6ccc(-c7ccc(-c8ccc9c(c8)C8(c%10ccccc%10-c%10ccccc%108)c8ccccc8-9)cc7)cc6)cc5c34)n2)cc1. The molecule has 2 aliphatic carbocycles. The van der Waals surface area contributed by atoms with E-state index in [-0.39, 0.29) is 5.41 Å². The molecule has 68 heavy (non-hydrogen) atoms. The zero-order valence-corrected chi connectivity index (χ0v) is 36.8. The highest BCUT2D eigenvalue weighted by Crippen LogP contribution is 2.63. The first-order valence-corrected chi connectivity index (χ1v) is 23.2. The number of benzene rings is 10. The van der Waals surface area contributed by atoms with Crippen LogP contribution >= 0.6 is 0 Å². The van der Waals surface area contributed by atoms with Crippen molar-refractivity contribution < 1.29 is 4.42 Å². The molecular weight excluding hydrogens is 827 g/mol. The molecule has 12 aromatic rings. The quantitative estimate of drug-likeness (QED) is 0.167. The van der Waals surface area contributed by atoms with Crippen LogP contribution in [0.25, 0.3) is 112 Å². The molecule has 10 aromatic carbocycles. The molecule has 0 saturated carbocycles. The Morgan fingerprint density at radius 2 is 0.676 bits per heavy atom. The lowest BCUT2D eigenvalue weighted by molar-refractivity contribution is 0.669. The molecule has 2 aromatic heterocycles. The molecule has 4 nitrogen and oxygen atoms in total. The molecule has 0 N–H and O–H groups in total. The lowest BCUT2D eigenvalue weighted by atomic mass is 9.70. The molecule has 0 radical (unpaired) electrons. The fraction of sp³-hybridized carbons (Fsp3) is 0.0156. The van der Waals surface area contributed by atoms with Gasteiger partial charge in [0.2, 0.25) is 0 Å². The van der Waals surface area contributed by atoms with Crippen LogP contribution < -0.4 is 0 Å². The van der Waals surface area contributed by atoms with Crippen molar-refractivity contribution in [1.82, 2.24) is 15.0 Å². The van der Waals surface area contributed by atoms with E-state index >= 15 is 0 Å². The second kappa shape index (κ2) is 15.0. The van der Waals surface area contributed by atoms with Gasteiger partial charge in [0.15, 0.2) is 17.5 Å². The molecule has 0 aliphatic heterocycles. The summed E-state index contributed by atoms with van der Waals surface area (Å²) in [5.74, 6) is 1.85. The zero-order valence-electron chi connectivity index (χ0n) is 36.8. The summed E-state index contributed by atoms with van der Waals surface area (Å²) < 4.78 is 6.47. The highest BCUT2D eigenvalue weighted by molar-refractivity contribution is 6.13. The van der Waals surface area contributed by atoms with E-state index in [1.807, 2.05) is 72.8 Å². The maximum absolute atomic E-state index is 6.47. The number of rotatable bonds is 6. The van der Waals surface area contributed by atoms with E-state index in [0.717, 1.165) is 49.8 Å². The van der Waals surface area contributed by atoms with Crippen LogP contribution in [0.2, 0.25) is 0 Å². The maximum Gasteiger partial charge on any atom is 0.164 e. The Balaban J connectivity index is 0.798. The predicted molar refractivity (Wildman–Crippen MR) is 276 cm³/mol. The average molecular weight is 866 g/mol. The fourth-order valence-electron chi connectivity index (χ4n) is 11.1. The summed E-state index contributed by atoms with van der Waals surface area (Å²) in [4.78, 5) is 15.1. The van der Waals surface area contributed by atoms with E-state index in [9.17, 15) is 0 Å². The molecule has 0 fully saturated rings. The Kier molecular flexibility index (Phi) is 8.46. The molecule has 0 atom stereocenters. The molecule has 2 aliphatic rings. The number of nitrogens with zero attached hydrogens (tertiary/aromatic N) is 3. The molecule has 2 heterocycles. The first-order chi connectivity index (χ1) is 33.7. The third-order valence-corrected chi connectivity index (χ3v) is 14.2. The topological polar surface area (TPSA) is 51.8 Å². The van der Waals surface area contributed by atoms with Crippen molar-refractivity contribution in [1.29, 1.82) is 0 Å². The second-order valence-electron chi connectivity index (χ2n) is 17.8. The van der Waals surface area contributed by atoms with Crippen molar-refractivity contribution in [3.05, 3.63) is 259 Å². The third-order valence-electron chi connectivity index (χ3n) is 14.2. The summed E-state index contributed by atoms with van der Waals surface area (Å²) in [5.41, 5.74) is 21.7. The summed E-state index contributed by atoms with van der Waals surface area (Å²) in [6.45, 7) is 0. The Bertz CT molecular complexity index is 3830. The molecule has 1 spiro atoms. The lowest BCUT2D eigenvalue weighted by Gasteiger charge is -2.30. The van der Waals surface area contributed by atoms with Crippen LogP contribution in [0.4, 0.5) is 0 Å². The van der Waals surface area contributed by atoms with Crippen molar-refractivity contribution in [3.63, 3.8) is 0 Å². The van der Waals surface area contributed by atoms with Gasteiger partial charge in [0.25, 0.3) is 0 Å².